The predicted molar refractivity (Wildman–Crippen MR) is 131 cm³/mol. The van der Waals surface area contributed by atoms with Gasteiger partial charge < -0.3 is 15.0 Å². The SMILES string of the molecule is COc1ccc(/C=C(/NC(=O)c2ccccc2)C(=O)N/N=C\c2ccc(N(C)C)cc2)cc1. The zero-order valence-electron chi connectivity index (χ0n) is 18.8. The lowest BCUT2D eigenvalue weighted by Crippen LogP contribution is -2.32. The summed E-state index contributed by atoms with van der Waals surface area (Å²) < 4.78 is 5.17. The molecule has 0 atom stereocenters. The Morgan fingerprint density at radius 2 is 1.52 bits per heavy atom. The number of carbonyl (C=O) groups excluding carboxylic acids is 2. The number of hydrogen-bond acceptors (Lipinski definition) is 5. The van der Waals surface area contributed by atoms with E-state index >= 15 is 0 Å². The zero-order valence-corrected chi connectivity index (χ0v) is 18.8. The van der Waals surface area contributed by atoms with Crippen molar-refractivity contribution in [3.05, 3.63) is 101 Å². The van der Waals surface area contributed by atoms with Crippen LogP contribution in [0, 0.1) is 0 Å². The van der Waals surface area contributed by atoms with E-state index in [0.717, 1.165) is 16.8 Å². The van der Waals surface area contributed by atoms with Crippen molar-refractivity contribution in [2.24, 2.45) is 5.10 Å². The first-order valence-corrected chi connectivity index (χ1v) is 10.3. The van der Waals surface area contributed by atoms with Crippen LogP contribution in [0.3, 0.4) is 0 Å². The molecule has 2 amide bonds. The summed E-state index contributed by atoms with van der Waals surface area (Å²) >= 11 is 0. The number of nitrogens with zero attached hydrogens (tertiary/aromatic N) is 2. The van der Waals surface area contributed by atoms with Crippen molar-refractivity contribution in [1.29, 1.82) is 0 Å². The molecule has 0 bridgehead atoms. The Balaban J connectivity index is 1.77. The van der Waals surface area contributed by atoms with E-state index in [9.17, 15) is 9.59 Å². The van der Waals surface area contributed by atoms with Crippen LogP contribution in [-0.2, 0) is 4.79 Å². The lowest BCUT2D eigenvalue weighted by molar-refractivity contribution is -0.117. The summed E-state index contributed by atoms with van der Waals surface area (Å²) in [5, 5.41) is 6.71. The third kappa shape index (κ3) is 6.80. The summed E-state index contributed by atoms with van der Waals surface area (Å²) in [5.74, 6) is -0.249. The van der Waals surface area contributed by atoms with Gasteiger partial charge in [-0.1, -0.05) is 42.5 Å². The van der Waals surface area contributed by atoms with Gasteiger partial charge in [-0.2, -0.15) is 5.10 Å². The largest absolute Gasteiger partial charge is 0.497 e. The molecule has 3 aromatic rings. The van der Waals surface area contributed by atoms with Gasteiger partial charge in [-0.05, 0) is 53.6 Å². The molecular formula is C26H26N4O3. The first kappa shape index (κ1) is 23.3. The summed E-state index contributed by atoms with van der Waals surface area (Å²) in [5.41, 5.74) is 5.59. The van der Waals surface area contributed by atoms with E-state index in [1.807, 2.05) is 49.3 Å². The quantitative estimate of drug-likeness (QED) is 0.317. The maximum absolute atomic E-state index is 12.8. The molecule has 0 aliphatic heterocycles. The number of nitrogens with one attached hydrogen (secondary N) is 2. The number of benzene rings is 3. The van der Waals surface area contributed by atoms with Crippen molar-refractivity contribution in [1.82, 2.24) is 10.7 Å². The highest BCUT2D eigenvalue weighted by Crippen LogP contribution is 2.14. The second-order valence-electron chi connectivity index (χ2n) is 7.34. The van der Waals surface area contributed by atoms with Crippen molar-refractivity contribution < 1.29 is 14.3 Å². The molecular weight excluding hydrogens is 416 g/mol. The van der Waals surface area contributed by atoms with Gasteiger partial charge in [-0.15, -0.1) is 0 Å². The Hall–Kier alpha value is -4.39. The molecule has 0 radical (unpaired) electrons. The monoisotopic (exact) mass is 442 g/mol. The van der Waals surface area contributed by atoms with E-state index in [4.69, 9.17) is 4.74 Å². The number of anilines is 1. The third-order valence-corrected chi connectivity index (χ3v) is 4.74. The predicted octanol–water partition coefficient (Wildman–Crippen LogP) is 3.68. The van der Waals surface area contributed by atoms with Crippen LogP contribution in [-0.4, -0.2) is 39.2 Å². The molecule has 0 saturated carbocycles. The summed E-state index contributed by atoms with van der Waals surface area (Å²) in [6, 6.07) is 23.5. The lowest BCUT2D eigenvalue weighted by atomic mass is 10.1. The van der Waals surface area contributed by atoms with Gasteiger partial charge in [0.1, 0.15) is 11.4 Å². The fourth-order valence-electron chi connectivity index (χ4n) is 2.89. The summed E-state index contributed by atoms with van der Waals surface area (Å²) in [7, 11) is 5.50. The number of ether oxygens (including phenoxy) is 1. The van der Waals surface area contributed by atoms with E-state index in [1.54, 1.807) is 67.9 Å². The highest BCUT2D eigenvalue weighted by molar-refractivity contribution is 6.05. The second kappa shape index (κ2) is 11.3. The fraction of sp³-hybridized carbons (Fsp3) is 0.115. The van der Waals surface area contributed by atoms with Crippen molar-refractivity contribution in [2.75, 3.05) is 26.1 Å². The van der Waals surface area contributed by atoms with Crippen molar-refractivity contribution >= 4 is 29.8 Å². The van der Waals surface area contributed by atoms with Crippen LogP contribution in [0.1, 0.15) is 21.5 Å². The van der Waals surface area contributed by atoms with Crippen LogP contribution in [0.25, 0.3) is 6.08 Å². The Labute approximate surface area is 193 Å². The van der Waals surface area contributed by atoms with E-state index in [2.05, 4.69) is 15.8 Å². The Morgan fingerprint density at radius 3 is 2.12 bits per heavy atom. The van der Waals surface area contributed by atoms with Gasteiger partial charge in [0.25, 0.3) is 11.8 Å². The number of rotatable bonds is 8. The van der Waals surface area contributed by atoms with E-state index in [1.165, 1.54) is 0 Å². The molecule has 0 saturated heterocycles. The van der Waals surface area contributed by atoms with Gasteiger partial charge in [0.2, 0.25) is 0 Å². The molecule has 3 rings (SSSR count). The average molecular weight is 443 g/mol. The first-order valence-electron chi connectivity index (χ1n) is 10.3. The second-order valence-corrected chi connectivity index (χ2v) is 7.34. The molecule has 168 valence electrons. The minimum Gasteiger partial charge on any atom is -0.497 e. The number of amides is 2. The normalized spacial score (nSPS) is 11.2. The van der Waals surface area contributed by atoms with E-state index in [-0.39, 0.29) is 5.70 Å². The molecule has 0 fully saturated rings. The summed E-state index contributed by atoms with van der Waals surface area (Å²) in [4.78, 5) is 27.5. The molecule has 0 aromatic heterocycles. The molecule has 2 N–H and O–H groups in total. The Morgan fingerprint density at radius 1 is 0.879 bits per heavy atom. The van der Waals surface area contributed by atoms with Crippen LogP contribution < -0.4 is 20.4 Å². The fourth-order valence-corrected chi connectivity index (χ4v) is 2.89. The van der Waals surface area contributed by atoms with E-state index in [0.29, 0.717) is 11.3 Å². The van der Waals surface area contributed by atoms with Gasteiger partial charge in [0.15, 0.2) is 0 Å². The summed E-state index contributed by atoms with van der Waals surface area (Å²) in [6.45, 7) is 0. The zero-order chi connectivity index (χ0) is 23.6. The van der Waals surface area contributed by atoms with Gasteiger partial charge in [-0.25, -0.2) is 5.43 Å². The highest BCUT2D eigenvalue weighted by Gasteiger charge is 2.14. The number of hydrazone groups is 1. The van der Waals surface area contributed by atoms with Crippen molar-refractivity contribution in [3.63, 3.8) is 0 Å². The minimum absolute atomic E-state index is 0.0640. The van der Waals surface area contributed by atoms with Crippen LogP contribution >= 0.6 is 0 Å². The first-order chi connectivity index (χ1) is 16.0. The van der Waals surface area contributed by atoms with Gasteiger partial charge >= 0.3 is 0 Å². The van der Waals surface area contributed by atoms with Crippen LogP contribution in [0.4, 0.5) is 5.69 Å². The molecule has 7 heteroatoms. The highest BCUT2D eigenvalue weighted by atomic mass is 16.5. The van der Waals surface area contributed by atoms with Gasteiger partial charge in [-0.3, -0.25) is 9.59 Å². The lowest BCUT2D eigenvalue weighted by Gasteiger charge is -2.11. The number of methoxy groups -OCH3 is 1. The van der Waals surface area contributed by atoms with Gasteiger partial charge in [0, 0.05) is 25.3 Å². The molecule has 7 nitrogen and oxygen atoms in total. The molecule has 3 aromatic carbocycles. The maximum atomic E-state index is 12.8. The van der Waals surface area contributed by atoms with Crippen LogP contribution in [0.5, 0.6) is 5.75 Å². The Bertz CT molecular complexity index is 1140. The van der Waals surface area contributed by atoms with Crippen LogP contribution in [0.15, 0.2) is 89.7 Å². The minimum atomic E-state index is -0.545. The molecule has 0 heterocycles. The van der Waals surface area contributed by atoms with Crippen molar-refractivity contribution in [3.8, 4) is 5.75 Å². The molecule has 0 aliphatic carbocycles. The molecule has 0 unspecified atom stereocenters. The van der Waals surface area contributed by atoms with Crippen molar-refractivity contribution in [2.45, 2.75) is 0 Å². The van der Waals surface area contributed by atoms with E-state index < -0.39 is 11.8 Å². The third-order valence-electron chi connectivity index (χ3n) is 4.74. The number of carbonyl (C=O) groups is 2. The van der Waals surface area contributed by atoms with Gasteiger partial charge in [0.05, 0.1) is 13.3 Å². The van der Waals surface area contributed by atoms with Crippen LogP contribution in [0.2, 0.25) is 0 Å². The summed E-state index contributed by atoms with van der Waals surface area (Å²) in [6.07, 6.45) is 3.12. The molecule has 0 aliphatic rings. The topological polar surface area (TPSA) is 83.0 Å². The smallest absolute Gasteiger partial charge is 0.287 e. The standard InChI is InChI=1S/C26H26N4O3/c1-30(2)22-13-9-20(10-14-22)18-27-29-26(32)24(17-19-11-15-23(33-3)16-12-19)28-25(31)21-7-5-4-6-8-21/h4-18H,1-3H3,(H,28,31)(H,29,32)/b24-17+,27-18-. The average Bonchev–Trinajstić information content (AvgIpc) is 2.84. The Kier molecular flexibility index (Phi) is 7.96. The molecule has 33 heavy (non-hydrogen) atoms. The maximum Gasteiger partial charge on any atom is 0.287 e. The number of hydrogen-bond donors (Lipinski definition) is 2. The molecule has 0 spiro atoms.